The van der Waals surface area contributed by atoms with Crippen LogP contribution in [0.4, 0.5) is 0 Å². The second-order valence-corrected chi connectivity index (χ2v) is 7.30. The predicted molar refractivity (Wildman–Crippen MR) is 102 cm³/mol. The number of rotatable bonds is 4. The summed E-state index contributed by atoms with van der Waals surface area (Å²) < 4.78 is 6.46. The van der Waals surface area contributed by atoms with Crippen LogP contribution in [0.2, 0.25) is 0 Å². The molecule has 24 heavy (non-hydrogen) atoms. The average Bonchev–Trinajstić information content (AvgIpc) is 2.98. The van der Waals surface area contributed by atoms with Gasteiger partial charge in [-0.25, -0.2) is 0 Å². The van der Waals surface area contributed by atoms with Crippen molar-refractivity contribution >= 4 is 26.8 Å². The van der Waals surface area contributed by atoms with E-state index in [4.69, 9.17) is 4.74 Å². The minimum atomic E-state index is 0.381. The summed E-state index contributed by atoms with van der Waals surface area (Å²) in [6, 6.07) is 15.1. The number of fused-ring (bicyclic) bond motifs is 3. The lowest BCUT2D eigenvalue weighted by atomic mass is 9.91. The third-order valence-corrected chi connectivity index (χ3v) is 5.35. The number of halogens is 1. The first kappa shape index (κ1) is 15.7. The Balaban J connectivity index is 1.58. The van der Waals surface area contributed by atoms with Gasteiger partial charge in [-0.2, -0.15) is 0 Å². The van der Waals surface area contributed by atoms with Crippen molar-refractivity contribution < 1.29 is 4.74 Å². The number of hydrogen-bond donors (Lipinski definition) is 2. The highest BCUT2D eigenvalue weighted by molar-refractivity contribution is 9.10. The number of nitrogens with one attached hydrogen (secondary N) is 2. The van der Waals surface area contributed by atoms with Gasteiger partial charge in [-0.05, 0) is 60.7 Å². The minimum absolute atomic E-state index is 0.381. The molecule has 0 saturated carbocycles. The number of H-pyrrole nitrogens is 1. The fourth-order valence-electron chi connectivity index (χ4n) is 3.66. The van der Waals surface area contributed by atoms with Gasteiger partial charge in [0.25, 0.3) is 0 Å². The highest BCUT2D eigenvalue weighted by Crippen LogP contribution is 2.36. The Bertz CT molecular complexity index is 871. The summed E-state index contributed by atoms with van der Waals surface area (Å²) >= 11 is 3.59. The molecule has 1 unspecified atom stereocenters. The van der Waals surface area contributed by atoms with Gasteiger partial charge in [0.1, 0.15) is 5.75 Å². The van der Waals surface area contributed by atoms with E-state index >= 15 is 0 Å². The van der Waals surface area contributed by atoms with Crippen LogP contribution >= 0.6 is 15.9 Å². The highest BCUT2D eigenvalue weighted by Gasteiger charge is 2.23. The molecule has 1 aromatic heterocycles. The van der Waals surface area contributed by atoms with Crippen LogP contribution in [-0.2, 0) is 13.0 Å². The summed E-state index contributed by atoms with van der Waals surface area (Å²) in [5.41, 5.74) is 5.32. The fourth-order valence-corrected chi connectivity index (χ4v) is 4.02. The van der Waals surface area contributed by atoms with Crippen molar-refractivity contribution in [3.8, 4) is 5.75 Å². The molecule has 3 aromatic rings. The number of aromatic nitrogens is 1. The second-order valence-electron chi connectivity index (χ2n) is 6.38. The summed E-state index contributed by atoms with van der Waals surface area (Å²) in [6.45, 7) is 0.848. The molecule has 1 aliphatic carbocycles. The Hall–Kier alpha value is -1.78. The van der Waals surface area contributed by atoms with E-state index in [9.17, 15) is 0 Å². The molecule has 1 aliphatic rings. The van der Waals surface area contributed by atoms with Gasteiger partial charge in [0.15, 0.2) is 0 Å². The van der Waals surface area contributed by atoms with Crippen LogP contribution in [0.1, 0.15) is 35.7 Å². The van der Waals surface area contributed by atoms with E-state index in [2.05, 4.69) is 56.6 Å². The molecule has 2 aromatic carbocycles. The Kier molecular flexibility index (Phi) is 4.33. The van der Waals surface area contributed by atoms with Crippen LogP contribution in [-0.4, -0.2) is 12.1 Å². The smallest absolute Gasteiger partial charge is 0.119 e. The molecule has 124 valence electrons. The van der Waals surface area contributed by atoms with Crippen molar-refractivity contribution in [3.05, 3.63) is 63.8 Å². The minimum Gasteiger partial charge on any atom is -0.497 e. The Morgan fingerprint density at radius 2 is 2.17 bits per heavy atom. The summed E-state index contributed by atoms with van der Waals surface area (Å²) in [7, 11) is 1.71. The molecule has 4 rings (SSSR count). The first-order valence-corrected chi connectivity index (χ1v) is 9.20. The van der Waals surface area contributed by atoms with E-state index in [1.54, 1.807) is 7.11 Å². The summed E-state index contributed by atoms with van der Waals surface area (Å²) in [5.74, 6) is 0.911. The molecule has 0 fully saturated rings. The SMILES string of the molecule is COc1cccc(CNC2CCCc3c2[nH]c2ccc(Br)cc32)c1. The van der Waals surface area contributed by atoms with E-state index in [1.165, 1.54) is 40.6 Å². The lowest BCUT2D eigenvalue weighted by molar-refractivity contribution is 0.413. The summed E-state index contributed by atoms with van der Waals surface area (Å²) in [5, 5.41) is 5.08. The van der Waals surface area contributed by atoms with Crippen molar-refractivity contribution in [1.29, 1.82) is 0 Å². The number of hydrogen-bond acceptors (Lipinski definition) is 2. The van der Waals surface area contributed by atoms with Gasteiger partial charge in [0.05, 0.1) is 7.11 Å². The molecular weight excluding hydrogens is 364 g/mol. The molecule has 0 bridgehead atoms. The molecule has 0 amide bonds. The van der Waals surface area contributed by atoms with Crippen molar-refractivity contribution in [2.75, 3.05) is 7.11 Å². The third-order valence-electron chi connectivity index (χ3n) is 4.86. The monoisotopic (exact) mass is 384 g/mol. The highest BCUT2D eigenvalue weighted by atomic mass is 79.9. The number of aryl methyl sites for hydroxylation is 1. The normalized spacial score (nSPS) is 17.0. The lowest BCUT2D eigenvalue weighted by Gasteiger charge is -2.24. The zero-order valence-corrected chi connectivity index (χ0v) is 15.3. The van der Waals surface area contributed by atoms with E-state index in [0.29, 0.717) is 6.04 Å². The van der Waals surface area contributed by atoms with Crippen molar-refractivity contribution in [2.24, 2.45) is 0 Å². The quantitative estimate of drug-likeness (QED) is 0.655. The van der Waals surface area contributed by atoms with Gasteiger partial charge in [-0.15, -0.1) is 0 Å². The topological polar surface area (TPSA) is 37.0 Å². The summed E-state index contributed by atoms with van der Waals surface area (Å²) in [4.78, 5) is 3.64. The van der Waals surface area contributed by atoms with Gasteiger partial charge < -0.3 is 15.0 Å². The van der Waals surface area contributed by atoms with Crippen molar-refractivity contribution in [2.45, 2.75) is 31.8 Å². The maximum Gasteiger partial charge on any atom is 0.119 e. The molecule has 0 spiro atoms. The molecule has 0 aliphatic heterocycles. The number of ether oxygens (including phenoxy) is 1. The van der Waals surface area contributed by atoms with Crippen molar-refractivity contribution in [1.82, 2.24) is 10.3 Å². The Morgan fingerprint density at radius 1 is 1.25 bits per heavy atom. The van der Waals surface area contributed by atoms with Crippen molar-refractivity contribution in [3.63, 3.8) is 0 Å². The number of benzene rings is 2. The molecule has 4 heteroatoms. The fraction of sp³-hybridized carbons (Fsp3) is 0.300. The lowest BCUT2D eigenvalue weighted by Crippen LogP contribution is -2.24. The molecule has 0 radical (unpaired) electrons. The van der Waals surface area contributed by atoms with Gasteiger partial charge in [0, 0.05) is 33.7 Å². The average molecular weight is 385 g/mol. The maximum absolute atomic E-state index is 5.32. The van der Waals surface area contributed by atoms with Crippen LogP contribution in [0, 0.1) is 0 Å². The van der Waals surface area contributed by atoms with E-state index in [1.807, 2.05) is 12.1 Å². The van der Waals surface area contributed by atoms with E-state index in [0.717, 1.165) is 23.2 Å². The van der Waals surface area contributed by atoms with Crippen LogP contribution in [0.5, 0.6) is 5.75 Å². The van der Waals surface area contributed by atoms with Crippen LogP contribution in [0.25, 0.3) is 10.9 Å². The molecule has 3 nitrogen and oxygen atoms in total. The number of methoxy groups -OCH3 is 1. The van der Waals surface area contributed by atoms with Gasteiger partial charge in [-0.1, -0.05) is 28.1 Å². The molecule has 2 N–H and O–H groups in total. The zero-order chi connectivity index (χ0) is 16.5. The van der Waals surface area contributed by atoms with Gasteiger partial charge in [0.2, 0.25) is 0 Å². The largest absolute Gasteiger partial charge is 0.497 e. The van der Waals surface area contributed by atoms with E-state index < -0.39 is 0 Å². The maximum atomic E-state index is 5.32. The van der Waals surface area contributed by atoms with Crippen LogP contribution in [0.3, 0.4) is 0 Å². The molecular formula is C20H21BrN2O. The Labute approximate surface area is 150 Å². The van der Waals surface area contributed by atoms with E-state index in [-0.39, 0.29) is 0 Å². The second kappa shape index (κ2) is 6.61. The predicted octanol–water partition coefficient (Wildman–Crippen LogP) is 5.11. The number of aromatic amines is 1. The van der Waals surface area contributed by atoms with Crippen LogP contribution < -0.4 is 10.1 Å². The zero-order valence-electron chi connectivity index (χ0n) is 13.7. The third kappa shape index (κ3) is 2.96. The first-order valence-electron chi connectivity index (χ1n) is 8.41. The molecule has 1 heterocycles. The standard InChI is InChI=1S/C20H21BrN2O/c1-24-15-5-2-4-13(10-15)12-22-19-7-3-6-16-17-11-14(21)8-9-18(17)23-20(16)19/h2,4-5,8-11,19,22-23H,3,6-7,12H2,1H3. The molecule has 1 atom stereocenters. The van der Waals surface area contributed by atoms with Crippen LogP contribution in [0.15, 0.2) is 46.9 Å². The molecule has 0 saturated heterocycles. The van der Waals surface area contributed by atoms with Gasteiger partial charge in [-0.3, -0.25) is 0 Å². The summed E-state index contributed by atoms with van der Waals surface area (Å²) in [6.07, 6.45) is 3.55. The Morgan fingerprint density at radius 3 is 3.04 bits per heavy atom. The van der Waals surface area contributed by atoms with Gasteiger partial charge >= 0.3 is 0 Å². The first-order chi connectivity index (χ1) is 11.7.